The van der Waals surface area contributed by atoms with Gasteiger partial charge in [-0.15, -0.1) is 0 Å². The van der Waals surface area contributed by atoms with Crippen LogP contribution in [0.2, 0.25) is 0 Å². The van der Waals surface area contributed by atoms with Gasteiger partial charge in [0.05, 0.1) is 22.8 Å². The van der Waals surface area contributed by atoms with Crippen molar-refractivity contribution >= 4 is 22.5 Å². The molecule has 3 heterocycles. The highest BCUT2D eigenvalue weighted by atomic mass is 15.4. The Morgan fingerprint density at radius 2 is 2.07 bits per heavy atom. The predicted octanol–water partition coefficient (Wildman–Crippen LogP) is 4.50. The molecule has 0 radical (unpaired) electrons. The van der Waals surface area contributed by atoms with Crippen LogP contribution in [0.25, 0.3) is 16.7 Å². The van der Waals surface area contributed by atoms with E-state index in [1.54, 1.807) is 0 Å². The highest BCUT2D eigenvalue weighted by molar-refractivity contribution is 5.86. The van der Waals surface area contributed by atoms with E-state index >= 15 is 0 Å². The summed E-state index contributed by atoms with van der Waals surface area (Å²) < 4.78 is 2.26. The van der Waals surface area contributed by atoms with E-state index < -0.39 is 0 Å². The number of hydrogen-bond donors (Lipinski definition) is 0. The van der Waals surface area contributed by atoms with Crippen molar-refractivity contribution in [1.82, 2.24) is 14.3 Å². The van der Waals surface area contributed by atoms with Crippen LogP contribution < -0.4 is 4.90 Å². The zero-order chi connectivity index (χ0) is 19.8. The molecule has 1 aliphatic rings. The van der Waals surface area contributed by atoms with Gasteiger partial charge in [-0.2, -0.15) is 5.26 Å². The van der Waals surface area contributed by atoms with E-state index in [4.69, 9.17) is 4.98 Å². The summed E-state index contributed by atoms with van der Waals surface area (Å²) in [6, 6.07) is 10.7. The number of para-hydroxylation sites is 2. The third kappa shape index (κ3) is 2.84. The van der Waals surface area contributed by atoms with Crippen molar-refractivity contribution in [2.75, 3.05) is 25.5 Å². The van der Waals surface area contributed by atoms with Crippen LogP contribution >= 0.6 is 0 Å². The minimum absolute atomic E-state index is 0.372. The van der Waals surface area contributed by atoms with Gasteiger partial charge in [0, 0.05) is 6.54 Å². The van der Waals surface area contributed by atoms with Gasteiger partial charge in [-0.1, -0.05) is 25.5 Å². The van der Waals surface area contributed by atoms with Gasteiger partial charge in [-0.3, -0.25) is 9.30 Å². The molecule has 1 aromatic carbocycles. The van der Waals surface area contributed by atoms with Crippen LogP contribution in [0.15, 0.2) is 24.3 Å². The number of fused-ring (bicyclic) bond motifs is 3. The lowest BCUT2D eigenvalue weighted by atomic mass is 9.99. The fourth-order valence-corrected chi connectivity index (χ4v) is 4.65. The first-order valence-electron chi connectivity index (χ1n) is 10.3. The fraction of sp³-hybridized carbons (Fsp3) is 0.478. The van der Waals surface area contributed by atoms with E-state index in [9.17, 15) is 5.26 Å². The van der Waals surface area contributed by atoms with Crippen LogP contribution in [0.3, 0.4) is 0 Å². The standard InChI is InChI=1S/C23H29N5/c1-5-6-10-17-16(2)18(15-24)22-25-19-11-7-8-12-20(19)28(22)23(17)27-14-9-13-21(27)26(3)4/h7-8,11-12,21H,5-6,9-10,13-14H2,1-4H3. The third-order valence-electron chi connectivity index (χ3n) is 6.08. The zero-order valence-corrected chi connectivity index (χ0v) is 17.4. The maximum atomic E-state index is 9.96. The van der Waals surface area contributed by atoms with E-state index in [0.717, 1.165) is 54.5 Å². The van der Waals surface area contributed by atoms with Gasteiger partial charge >= 0.3 is 0 Å². The van der Waals surface area contributed by atoms with Crippen molar-refractivity contribution in [3.8, 4) is 6.07 Å². The van der Waals surface area contributed by atoms with Crippen LogP contribution in [0.4, 0.5) is 5.82 Å². The Kier molecular flexibility index (Phi) is 4.99. The lowest BCUT2D eigenvalue weighted by Gasteiger charge is -2.34. The van der Waals surface area contributed by atoms with E-state index in [-0.39, 0.29) is 0 Å². The van der Waals surface area contributed by atoms with Crippen molar-refractivity contribution in [3.63, 3.8) is 0 Å². The van der Waals surface area contributed by atoms with Gasteiger partial charge in [0.15, 0.2) is 5.65 Å². The molecule has 0 spiro atoms. The molecule has 1 unspecified atom stereocenters. The van der Waals surface area contributed by atoms with Crippen molar-refractivity contribution in [3.05, 3.63) is 41.0 Å². The van der Waals surface area contributed by atoms with Crippen molar-refractivity contribution in [2.45, 2.75) is 52.1 Å². The van der Waals surface area contributed by atoms with Gasteiger partial charge < -0.3 is 4.90 Å². The van der Waals surface area contributed by atoms with Crippen LogP contribution in [-0.2, 0) is 6.42 Å². The van der Waals surface area contributed by atoms with Crippen LogP contribution in [0.5, 0.6) is 0 Å². The normalized spacial score (nSPS) is 17.1. The van der Waals surface area contributed by atoms with Crippen molar-refractivity contribution < 1.29 is 0 Å². The van der Waals surface area contributed by atoms with Gasteiger partial charge in [0.25, 0.3) is 0 Å². The molecule has 28 heavy (non-hydrogen) atoms. The Balaban J connectivity index is 2.11. The number of pyridine rings is 1. The topological polar surface area (TPSA) is 47.6 Å². The molecule has 1 fully saturated rings. The molecular weight excluding hydrogens is 346 g/mol. The van der Waals surface area contributed by atoms with E-state index in [1.807, 2.05) is 12.1 Å². The molecular formula is C23H29N5. The first-order valence-corrected chi connectivity index (χ1v) is 10.3. The van der Waals surface area contributed by atoms with E-state index in [1.165, 1.54) is 17.8 Å². The lowest BCUT2D eigenvalue weighted by molar-refractivity contribution is 0.299. The van der Waals surface area contributed by atoms with Crippen molar-refractivity contribution in [2.24, 2.45) is 0 Å². The third-order valence-corrected chi connectivity index (χ3v) is 6.08. The number of unbranched alkanes of at least 4 members (excludes halogenated alkanes) is 1. The van der Waals surface area contributed by atoms with Crippen molar-refractivity contribution in [1.29, 1.82) is 5.26 Å². The summed E-state index contributed by atoms with van der Waals surface area (Å²) in [6.07, 6.45) is 5.97. The Morgan fingerprint density at radius 3 is 2.79 bits per heavy atom. The molecule has 0 bridgehead atoms. The second-order valence-corrected chi connectivity index (χ2v) is 8.06. The minimum Gasteiger partial charge on any atom is -0.342 e. The molecule has 0 aliphatic carbocycles. The van der Waals surface area contributed by atoms with Gasteiger partial charge in [0.2, 0.25) is 0 Å². The van der Waals surface area contributed by atoms with Crippen LogP contribution in [-0.4, -0.2) is 41.1 Å². The number of nitriles is 1. The fourth-order valence-electron chi connectivity index (χ4n) is 4.65. The largest absolute Gasteiger partial charge is 0.342 e. The number of imidazole rings is 1. The Labute approximate surface area is 167 Å². The maximum Gasteiger partial charge on any atom is 0.157 e. The summed E-state index contributed by atoms with van der Waals surface area (Å²) in [5, 5.41) is 9.96. The summed E-state index contributed by atoms with van der Waals surface area (Å²) in [6.45, 7) is 5.37. The number of hydrogen-bond acceptors (Lipinski definition) is 4. The molecule has 0 N–H and O–H groups in total. The number of benzene rings is 1. The minimum atomic E-state index is 0.372. The average Bonchev–Trinajstić information content (AvgIpc) is 3.31. The molecule has 5 nitrogen and oxygen atoms in total. The molecule has 146 valence electrons. The summed E-state index contributed by atoms with van der Waals surface area (Å²) in [5.74, 6) is 1.24. The van der Waals surface area contributed by atoms with Crippen LogP contribution in [0, 0.1) is 18.3 Å². The molecule has 0 amide bonds. The molecule has 1 aliphatic heterocycles. The van der Waals surface area contributed by atoms with Gasteiger partial charge in [0.1, 0.15) is 11.9 Å². The average molecular weight is 376 g/mol. The lowest BCUT2D eigenvalue weighted by Crippen LogP contribution is -2.42. The summed E-state index contributed by atoms with van der Waals surface area (Å²) in [4.78, 5) is 9.73. The Morgan fingerprint density at radius 1 is 1.29 bits per heavy atom. The van der Waals surface area contributed by atoms with E-state index in [0.29, 0.717) is 11.7 Å². The maximum absolute atomic E-state index is 9.96. The molecule has 1 saturated heterocycles. The zero-order valence-electron chi connectivity index (χ0n) is 17.4. The summed E-state index contributed by atoms with van der Waals surface area (Å²) in [5.41, 5.74) is 5.95. The number of aromatic nitrogens is 2. The predicted molar refractivity (Wildman–Crippen MR) is 115 cm³/mol. The Bertz CT molecular complexity index is 1060. The molecule has 4 rings (SSSR count). The second-order valence-electron chi connectivity index (χ2n) is 8.06. The first-order chi connectivity index (χ1) is 13.6. The Hall–Kier alpha value is -2.58. The molecule has 2 aromatic heterocycles. The second kappa shape index (κ2) is 7.44. The summed E-state index contributed by atoms with van der Waals surface area (Å²) >= 11 is 0. The monoisotopic (exact) mass is 375 g/mol. The van der Waals surface area contributed by atoms with Crippen LogP contribution in [0.1, 0.15) is 49.3 Å². The SMILES string of the molecule is CCCCc1c(C)c(C#N)c2nc3ccccc3n2c1N1CCCC1N(C)C. The number of rotatable bonds is 5. The first kappa shape index (κ1) is 18.8. The highest BCUT2D eigenvalue weighted by Crippen LogP contribution is 2.37. The quantitative estimate of drug-likeness (QED) is 0.659. The molecule has 1 atom stereocenters. The number of anilines is 1. The molecule has 3 aromatic rings. The summed E-state index contributed by atoms with van der Waals surface area (Å²) in [7, 11) is 4.32. The van der Waals surface area contributed by atoms with E-state index in [2.05, 4.69) is 60.3 Å². The highest BCUT2D eigenvalue weighted by Gasteiger charge is 2.32. The smallest absolute Gasteiger partial charge is 0.157 e. The van der Waals surface area contributed by atoms with Gasteiger partial charge in [-0.25, -0.2) is 4.98 Å². The number of nitrogens with zero attached hydrogens (tertiary/aromatic N) is 5. The van der Waals surface area contributed by atoms with Gasteiger partial charge in [-0.05, 0) is 70.0 Å². The molecule has 5 heteroatoms. The molecule has 0 saturated carbocycles.